The van der Waals surface area contributed by atoms with Gasteiger partial charge in [0.05, 0.1) is 19.8 Å². The van der Waals surface area contributed by atoms with Crippen LogP contribution in [0.4, 0.5) is 19.4 Å². The van der Waals surface area contributed by atoms with Crippen LogP contribution in [-0.4, -0.2) is 63.5 Å². The van der Waals surface area contributed by atoms with Crippen molar-refractivity contribution in [2.75, 3.05) is 33.0 Å². The third-order valence-electron chi connectivity index (χ3n) is 5.59. The Morgan fingerprint density at radius 3 is 2.44 bits per heavy atom. The molecule has 12 heteroatoms. The number of rotatable bonds is 3. The molecule has 0 radical (unpaired) electrons. The van der Waals surface area contributed by atoms with Crippen molar-refractivity contribution in [2.24, 2.45) is 0 Å². The summed E-state index contributed by atoms with van der Waals surface area (Å²) in [5, 5.41) is 4.31. The summed E-state index contributed by atoms with van der Waals surface area (Å²) in [7, 11) is 2.40. The predicted molar refractivity (Wildman–Crippen MR) is 126 cm³/mol. The summed E-state index contributed by atoms with van der Waals surface area (Å²) in [6.45, 7) is 6.33. The van der Waals surface area contributed by atoms with Crippen LogP contribution in [0.15, 0.2) is 12.4 Å². The third-order valence-corrected chi connectivity index (χ3v) is 5.59. The molecule has 0 saturated carbocycles. The number of likely N-dealkylation sites (tertiary alicyclic amines) is 1. The summed E-state index contributed by atoms with van der Waals surface area (Å²) >= 11 is 0. The first kappa shape index (κ1) is 25.0. The Labute approximate surface area is 206 Å². The normalized spacial score (nSPS) is 15.5. The first-order valence-electron chi connectivity index (χ1n) is 11.1. The zero-order chi connectivity index (χ0) is 26.2. The number of anilines is 1. The van der Waals surface area contributed by atoms with Crippen LogP contribution in [0.25, 0.3) is 5.52 Å². The van der Waals surface area contributed by atoms with Gasteiger partial charge in [0.2, 0.25) is 11.6 Å². The SMILES string of the molecule is COc1nc(OC)c(F)c(C#Cc2cc(C3CCN(C(=O)OC(C)(C)C)C3)n3ncnc(N)c23)c1F. The highest BCUT2D eigenvalue weighted by atomic mass is 19.1. The molecule has 190 valence electrons. The molecule has 4 heterocycles. The molecule has 1 saturated heterocycles. The van der Waals surface area contributed by atoms with Gasteiger partial charge in [-0.3, -0.25) is 0 Å². The monoisotopic (exact) mass is 500 g/mol. The van der Waals surface area contributed by atoms with E-state index in [0.29, 0.717) is 30.6 Å². The Kier molecular flexibility index (Phi) is 6.58. The summed E-state index contributed by atoms with van der Waals surface area (Å²) in [6.07, 6.45) is 1.57. The van der Waals surface area contributed by atoms with E-state index in [1.54, 1.807) is 15.5 Å². The number of nitrogens with zero attached hydrogens (tertiary/aromatic N) is 5. The number of hydrogen-bond donors (Lipinski definition) is 1. The van der Waals surface area contributed by atoms with E-state index in [-0.39, 0.29) is 11.7 Å². The Hall–Kier alpha value is -4.14. The molecule has 0 spiro atoms. The average Bonchev–Trinajstić information content (AvgIpc) is 3.44. The lowest BCUT2D eigenvalue weighted by Crippen LogP contribution is -2.35. The highest BCUT2D eigenvalue weighted by Gasteiger charge is 2.33. The first-order valence-corrected chi connectivity index (χ1v) is 11.1. The Morgan fingerprint density at radius 1 is 1.17 bits per heavy atom. The predicted octanol–water partition coefficient (Wildman–Crippen LogP) is 3.13. The summed E-state index contributed by atoms with van der Waals surface area (Å²) in [5.41, 5.74) is 6.44. The molecule has 2 N–H and O–H groups in total. The van der Waals surface area contributed by atoms with E-state index in [1.165, 1.54) is 20.5 Å². The maximum Gasteiger partial charge on any atom is 0.410 e. The number of pyridine rings is 1. The summed E-state index contributed by atoms with van der Waals surface area (Å²) in [5.74, 6) is 2.34. The third kappa shape index (κ3) is 4.68. The molecule has 0 aliphatic carbocycles. The van der Waals surface area contributed by atoms with Gasteiger partial charge in [0, 0.05) is 24.7 Å². The van der Waals surface area contributed by atoms with Crippen molar-refractivity contribution in [2.45, 2.75) is 38.7 Å². The molecule has 1 atom stereocenters. The number of hydrogen-bond acceptors (Lipinski definition) is 8. The van der Waals surface area contributed by atoms with Gasteiger partial charge >= 0.3 is 6.09 Å². The van der Waals surface area contributed by atoms with Crippen LogP contribution in [0.3, 0.4) is 0 Å². The lowest BCUT2D eigenvalue weighted by molar-refractivity contribution is 0.0292. The smallest absolute Gasteiger partial charge is 0.410 e. The maximum atomic E-state index is 14.7. The van der Waals surface area contributed by atoms with E-state index in [9.17, 15) is 13.6 Å². The molecule has 1 amide bonds. The minimum absolute atomic E-state index is 0.0931. The van der Waals surface area contributed by atoms with Gasteiger partial charge in [0.15, 0.2) is 5.82 Å². The highest BCUT2D eigenvalue weighted by molar-refractivity contribution is 5.76. The van der Waals surface area contributed by atoms with Gasteiger partial charge in [-0.15, -0.1) is 0 Å². The van der Waals surface area contributed by atoms with E-state index in [2.05, 4.69) is 26.9 Å². The number of aromatic nitrogens is 4. The molecule has 1 aliphatic heterocycles. The van der Waals surface area contributed by atoms with Crippen LogP contribution in [0.1, 0.15) is 49.9 Å². The zero-order valence-corrected chi connectivity index (χ0v) is 20.6. The minimum atomic E-state index is -1.06. The molecule has 1 aliphatic rings. The fourth-order valence-corrected chi connectivity index (χ4v) is 3.98. The molecule has 4 rings (SSSR count). The number of halogens is 2. The van der Waals surface area contributed by atoms with E-state index in [1.807, 2.05) is 20.8 Å². The van der Waals surface area contributed by atoms with E-state index in [4.69, 9.17) is 19.9 Å². The number of carbonyl (C=O) groups is 1. The number of carbonyl (C=O) groups excluding carboxylic acids is 1. The summed E-state index contributed by atoms with van der Waals surface area (Å²) in [6, 6.07) is 1.74. The number of methoxy groups -OCH3 is 2. The number of ether oxygens (including phenoxy) is 3. The molecule has 0 bridgehead atoms. The van der Waals surface area contributed by atoms with Crippen molar-refractivity contribution in [3.8, 4) is 23.6 Å². The van der Waals surface area contributed by atoms with Crippen molar-refractivity contribution < 1.29 is 27.8 Å². The van der Waals surface area contributed by atoms with Crippen LogP contribution >= 0.6 is 0 Å². The minimum Gasteiger partial charge on any atom is -0.479 e. The van der Waals surface area contributed by atoms with Crippen LogP contribution < -0.4 is 15.2 Å². The van der Waals surface area contributed by atoms with Gasteiger partial charge < -0.3 is 24.8 Å². The molecular weight excluding hydrogens is 474 g/mol. The van der Waals surface area contributed by atoms with Crippen LogP contribution in [0.5, 0.6) is 11.8 Å². The molecular formula is C24H26F2N6O4. The van der Waals surface area contributed by atoms with Crippen molar-refractivity contribution in [1.82, 2.24) is 24.5 Å². The van der Waals surface area contributed by atoms with Crippen molar-refractivity contribution in [1.29, 1.82) is 0 Å². The topological polar surface area (TPSA) is 117 Å². The average molecular weight is 501 g/mol. The number of amides is 1. The maximum absolute atomic E-state index is 14.7. The van der Waals surface area contributed by atoms with Gasteiger partial charge in [-0.1, -0.05) is 11.8 Å². The van der Waals surface area contributed by atoms with E-state index < -0.39 is 40.7 Å². The molecule has 1 fully saturated rings. The van der Waals surface area contributed by atoms with Gasteiger partial charge in [0.1, 0.15) is 23.0 Å². The highest BCUT2D eigenvalue weighted by Crippen LogP contribution is 2.32. The second kappa shape index (κ2) is 9.49. The lowest BCUT2D eigenvalue weighted by atomic mass is 10.0. The Morgan fingerprint density at radius 2 is 1.83 bits per heavy atom. The molecule has 36 heavy (non-hydrogen) atoms. The van der Waals surface area contributed by atoms with E-state index in [0.717, 1.165) is 5.69 Å². The standard InChI is InChI=1S/C24H26F2N6O4/c1-24(2,3)36-23(33)31-9-8-14(11-31)16-10-13(19-20(27)28-12-29-32(16)19)6-7-15-17(25)21(34-4)30-22(35-5)18(15)26/h10,12,14H,8-9,11H2,1-5H3,(H2,27,28,29). The van der Waals surface area contributed by atoms with Crippen molar-refractivity contribution in [3.05, 3.63) is 40.8 Å². The van der Waals surface area contributed by atoms with Crippen LogP contribution in [0, 0.1) is 23.5 Å². The number of fused-ring (bicyclic) bond motifs is 1. The molecule has 1 unspecified atom stereocenters. The first-order chi connectivity index (χ1) is 17.0. The fraction of sp³-hybridized carbons (Fsp3) is 0.417. The molecule has 3 aromatic heterocycles. The van der Waals surface area contributed by atoms with Crippen LogP contribution in [-0.2, 0) is 4.74 Å². The van der Waals surface area contributed by atoms with Gasteiger partial charge in [-0.25, -0.2) is 14.3 Å². The second-order valence-electron chi connectivity index (χ2n) is 9.18. The second-order valence-corrected chi connectivity index (χ2v) is 9.18. The molecule has 10 nitrogen and oxygen atoms in total. The van der Waals surface area contributed by atoms with Crippen molar-refractivity contribution in [3.63, 3.8) is 0 Å². The Balaban J connectivity index is 1.74. The van der Waals surface area contributed by atoms with Gasteiger partial charge in [0.25, 0.3) is 11.8 Å². The Bertz CT molecular complexity index is 1360. The zero-order valence-electron chi connectivity index (χ0n) is 20.6. The van der Waals surface area contributed by atoms with Gasteiger partial charge in [-0.05, 0) is 33.3 Å². The lowest BCUT2D eigenvalue weighted by Gasteiger charge is -2.24. The summed E-state index contributed by atoms with van der Waals surface area (Å²) in [4.78, 5) is 21.8. The largest absolute Gasteiger partial charge is 0.479 e. The van der Waals surface area contributed by atoms with Crippen molar-refractivity contribution >= 4 is 17.4 Å². The molecule has 3 aromatic rings. The fourth-order valence-electron chi connectivity index (χ4n) is 3.98. The summed E-state index contributed by atoms with van der Waals surface area (Å²) < 4.78 is 46.3. The van der Waals surface area contributed by atoms with Crippen LogP contribution in [0.2, 0.25) is 0 Å². The number of nitrogen functional groups attached to an aromatic ring is 1. The van der Waals surface area contributed by atoms with E-state index >= 15 is 0 Å². The van der Waals surface area contributed by atoms with Gasteiger partial charge in [-0.2, -0.15) is 18.9 Å². The molecule has 0 aromatic carbocycles. The number of nitrogens with two attached hydrogens (primary N) is 1. The quantitative estimate of drug-likeness (QED) is 0.545.